The molecule has 0 aromatic heterocycles. The number of hydrogen-bond acceptors (Lipinski definition) is 2. The van der Waals surface area contributed by atoms with E-state index in [1.54, 1.807) is 0 Å². The Bertz CT molecular complexity index is 506. The van der Waals surface area contributed by atoms with E-state index in [4.69, 9.17) is 5.11 Å². The molecule has 0 bridgehead atoms. The molecule has 20 heavy (non-hydrogen) atoms. The smallest absolute Gasteiger partial charge is 0.416 e. The minimum Gasteiger partial charge on any atom is -0.481 e. The summed E-state index contributed by atoms with van der Waals surface area (Å²) in [6, 6.07) is 4.06. The number of nitrogens with zero attached hydrogens (tertiary/aromatic N) is 1. The van der Waals surface area contributed by atoms with Crippen molar-refractivity contribution in [1.82, 2.24) is 0 Å². The number of rotatable bonds is 2. The van der Waals surface area contributed by atoms with Crippen LogP contribution in [0.1, 0.15) is 24.0 Å². The summed E-state index contributed by atoms with van der Waals surface area (Å²) in [6.45, 7) is 2.56. The fourth-order valence-corrected chi connectivity index (χ4v) is 2.55. The van der Waals surface area contributed by atoms with Gasteiger partial charge in [0.2, 0.25) is 0 Å². The number of anilines is 1. The molecule has 1 aromatic rings. The first-order valence-electron chi connectivity index (χ1n) is 6.44. The van der Waals surface area contributed by atoms with Crippen LogP contribution in [-0.2, 0) is 11.0 Å². The van der Waals surface area contributed by atoms with Gasteiger partial charge in [-0.3, -0.25) is 4.79 Å². The Labute approximate surface area is 115 Å². The van der Waals surface area contributed by atoms with Gasteiger partial charge in [0, 0.05) is 18.8 Å². The summed E-state index contributed by atoms with van der Waals surface area (Å²) in [5, 5.41) is 8.92. The zero-order valence-electron chi connectivity index (χ0n) is 11.1. The van der Waals surface area contributed by atoms with Crippen LogP contribution >= 0.6 is 0 Å². The highest BCUT2D eigenvalue weighted by Crippen LogP contribution is 2.34. The van der Waals surface area contributed by atoms with Crippen LogP contribution in [0, 0.1) is 12.8 Å². The lowest BCUT2D eigenvalue weighted by Crippen LogP contribution is -2.36. The average molecular weight is 287 g/mol. The number of carboxylic acid groups (broad SMARTS) is 1. The number of aryl methyl sites for hydroxylation is 1. The molecule has 0 radical (unpaired) electrons. The molecule has 0 aliphatic carbocycles. The summed E-state index contributed by atoms with van der Waals surface area (Å²) < 4.78 is 38.1. The molecule has 1 saturated heterocycles. The number of benzene rings is 1. The van der Waals surface area contributed by atoms with Crippen molar-refractivity contribution >= 4 is 11.7 Å². The van der Waals surface area contributed by atoms with Gasteiger partial charge in [-0.05, 0) is 43.5 Å². The molecule has 2 rings (SSSR count). The molecule has 1 fully saturated rings. The predicted octanol–water partition coefficient (Wildman–Crippen LogP) is 3.31. The topological polar surface area (TPSA) is 40.5 Å². The average Bonchev–Trinajstić information content (AvgIpc) is 2.37. The van der Waals surface area contributed by atoms with Gasteiger partial charge in [-0.25, -0.2) is 0 Å². The minimum atomic E-state index is -4.33. The van der Waals surface area contributed by atoms with Gasteiger partial charge < -0.3 is 10.0 Å². The molecule has 0 saturated carbocycles. The van der Waals surface area contributed by atoms with Crippen LogP contribution in [0.5, 0.6) is 0 Å². The highest BCUT2D eigenvalue weighted by molar-refractivity contribution is 5.70. The Morgan fingerprint density at radius 1 is 1.30 bits per heavy atom. The van der Waals surface area contributed by atoms with Crippen molar-refractivity contribution in [2.45, 2.75) is 25.9 Å². The lowest BCUT2D eigenvalue weighted by Gasteiger charge is -2.32. The normalized spacial score (nSPS) is 17.3. The van der Waals surface area contributed by atoms with E-state index in [0.29, 0.717) is 25.9 Å². The quantitative estimate of drug-likeness (QED) is 0.907. The van der Waals surface area contributed by atoms with E-state index in [2.05, 4.69) is 0 Å². The van der Waals surface area contributed by atoms with E-state index in [0.717, 1.165) is 11.8 Å². The van der Waals surface area contributed by atoms with Crippen molar-refractivity contribution in [3.05, 3.63) is 29.3 Å². The molecule has 0 amide bonds. The van der Waals surface area contributed by atoms with Crippen molar-refractivity contribution in [3.63, 3.8) is 0 Å². The number of carbonyl (C=O) groups is 1. The lowest BCUT2D eigenvalue weighted by molar-refractivity contribution is -0.142. The van der Waals surface area contributed by atoms with E-state index in [1.807, 2.05) is 4.90 Å². The molecule has 1 aliphatic heterocycles. The van der Waals surface area contributed by atoms with E-state index in [9.17, 15) is 18.0 Å². The van der Waals surface area contributed by atoms with Crippen LogP contribution in [0.4, 0.5) is 18.9 Å². The molecule has 6 heteroatoms. The molecule has 1 aromatic carbocycles. The number of hydrogen-bond donors (Lipinski definition) is 1. The monoisotopic (exact) mass is 287 g/mol. The van der Waals surface area contributed by atoms with Crippen molar-refractivity contribution in [1.29, 1.82) is 0 Å². The molecule has 1 heterocycles. The summed E-state index contributed by atoms with van der Waals surface area (Å²) in [5.41, 5.74) is 0.288. The first-order valence-corrected chi connectivity index (χ1v) is 6.44. The molecular weight excluding hydrogens is 271 g/mol. The highest BCUT2D eigenvalue weighted by atomic mass is 19.4. The number of carboxylic acids is 1. The summed E-state index contributed by atoms with van der Waals surface area (Å²) in [7, 11) is 0. The van der Waals surface area contributed by atoms with Gasteiger partial charge in [0.05, 0.1) is 11.5 Å². The maximum Gasteiger partial charge on any atom is 0.416 e. The van der Waals surface area contributed by atoms with Crippen molar-refractivity contribution in [2.75, 3.05) is 18.0 Å². The second-order valence-corrected chi connectivity index (χ2v) is 5.10. The van der Waals surface area contributed by atoms with E-state index in [1.165, 1.54) is 19.1 Å². The van der Waals surface area contributed by atoms with Crippen LogP contribution in [-0.4, -0.2) is 24.2 Å². The summed E-state index contributed by atoms with van der Waals surface area (Å²) in [5.74, 6) is -1.14. The Morgan fingerprint density at radius 3 is 2.35 bits per heavy atom. The number of halogens is 3. The first-order chi connectivity index (χ1) is 9.29. The zero-order chi connectivity index (χ0) is 14.9. The summed E-state index contributed by atoms with van der Waals surface area (Å²) in [4.78, 5) is 12.8. The molecule has 1 aliphatic rings. The Morgan fingerprint density at radius 2 is 1.90 bits per heavy atom. The fourth-order valence-electron chi connectivity index (χ4n) is 2.55. The van der Waals surface area contributed by atoms with Gasteiger partial charge >= 0.3 is 12.1 Å². The van der Waals surface area contributed by atoms with Crippen LogP contribution in [0.2, 0.25) is 0 Å². The van der Waals surface area contributed by atoms with Crippen LogP contribution < -0.4 is 4.90 Å². The maximum atomic E-state index is 12.7. The van der Waals surface area contributed by atoms with Gasteiger partial charge in [0.25, 0.3) is 0 Å². The number of aliphatic carboxylic acids is 1. The summed E-state index contributed by atoms with van der Waals surface area (Å²) in [6.07, 6.45) is -3.29. The minimum absolute atomic E-state index is 0.190. The standard InChI is InChI=1S/C14H16F3NO2/c1-9-8-11(2-3-12(9)14(15,16)17)18-6-4-10(5-7-18)13(19)20/h2-3,8,10H,4-7H2,1H3,(H,19,20). The van der Waals surface area contributed by atoms with Crippen molar-refractivity contribution in [3.8, 4) is 0 Å². The molecule has 110 valence electrons. The van der Waals surface area contributed by atoms with Crippen LogP contribution in [0.15, 0.2) is 18.2 Å². The molecule has 0 spiro atoms. The van der Waals surface area contributed by atoms with Crippen molar-refractivity contribution in [2.24, 2.45) is 5.92 Å². The zero-order valence-corrected chi connectivity index (χ0v) is 11.1. The summed E-state index contributed by atoms with van der Waals surface area (Å²) >= 11 is 0. The van der Waals surface area contributed by atoms with Crippen molar-refractivity contribution < 1.29 is 23.1 Å². The maximum absolute atomic E-state index is 12.7. The van der Waals surface area contributed by atoms with E-state index >= 15 is 0 Å². The lowest BCUT2D eigenvalue weighted by atomic mass is 9.96. The SMILES string of the molecule is Cc1cc(N2CCC(C(=O)O)CC2)ccc1C(F)(F)F. The number of piperidine rings is 1. The Hall–Kier alpha value is -1.72. The Balaban J connectivity index is 2.12. The highest BCUT2D eigenvalue weighted by Gasteiger charge is 2.32. The molecule has 1 N–H and O–H groups in total. The van der Waals surface area contributed by atoms with Gasteiger partial charge in [-0.1, -0.05) is 0 Å². The second-order valence-electron chi connectivity index (χ2n) is 5.10. The number of alkyl halides is 3. The molecule has 3 nitrogen and oxygen atoms in total. The van der Waals surface area contributed by atoms with Gasteiger partial charge in [-0.2, -0.15) is 13.2 Å². The van der Waals surface area contributed by atoms with Gasteiger partial charge in [0.1, 0.15) is 0 Å². The van der Waals surface area contributed by atoms with Gasteiger partial charge in [-0.15, -0.1) is 0 Å². The van der Waals surface area contributed by atoms with Gasteiger partial charge in [0.15, 0.2) is 0 Å². The third-order valence-electron chi connectivity index (χ3n) is 3.72. The predicted molar refractivity (Wildman–Crippen MR) is 68.8 cm³/mol. The molecule has 0 unspecified atom stereocenters. The first kappa shape index (κ1) is 14.7. The molecular formula is C14H16F3NO2. The Kier molecular flexibility index (Phi) is 3.92. The third kappa shape index (κ3) is 3.05. The third-order valence-corrected chi connectivity index (χ3v) is 3.72. The fraction of sp³-hybridized carbons (Fsp3) is 0.500. The molecule has 0 atom stereocenters. The van der Waals surface area contributed by atoms with Crippen LogP contribution in [0.3, 0.4) is 0 Å². The van der Waals surface area contributed by atoms with Crippen LogP contribution in [0.25, 0.3) is 0 Å². The largest absolute Gasteiger partial charge is 0.481 e. The van der Waals surface area contributed by atoms with E-state index in [-0.39, 0.29) is 11.5 Å². The van der Waals surface area contributed by atoms with E-state index < -0.39 is 17.7 Å². The second kappa shape index (κ2) is 5.34.